The Morgan fingerprint density at radius 2 is 1.35 bits per heavy atom. The van der Waals surface area contributed by atoms with Crippen molar-refractivity contribution in [2.45, 2.75) is 73.6 Å². The van der Waals surface area contributed by atoms with Crippen molar-refractivity contribution in [3.63, 3.8) is 0 Å². The van der Waals surface area contributed by atoms with Gasteiger partial charge in [-0.3, -0.25) is 19.4 Å². The quantitative estimate of drug-likeness (QED) is 0.0651. The second-order valence-corrected chi connectivity index (χ2v) is 12.5. The lowest BCUT2D eigenvalue weighted by Gasteiger charge is -2.14. The van der Waals surface area contributed by atoms with Crippen LogP contribution in [-0.4, -0.2) is 66.6 Å². The third-order valence-electron chi connectivity index (χ3n) is 9.25. The van der Waals surface area contributed by atoms with E-state index >= 15 is 0 Å². The molecule has 0 saturated carbocycles. The number of carbonyl (C=O) groups excluding carboxylic acids is 1. The molecular weight excluding hydrogens is 771 g/mol. The van der Waals surface area contributed by atoms with E-state index in [1.54, 1.807) is 6.08 Å². The van der Waals surface area contributed by atoms with Gasteiger partial charge in [-0.2, -0.15) is 0 Å². The Kier molecular flexibility index (Phi) is 14.9. The van der Waals surface area contributed by atoms with Crippen LogP contribution in [0.5, 0.6) is 0 Å². The molecule has 1 amide bonds. The summed E-state index contributed by atoms with van der Waals surface area (Å²) in [5.74, 6) is -1.76. The number of aliphatic carboxylic acids is 2. The molecule has 0 unspecified atom stereocenters. The average molecular weight is 821 g/mol. The Balaban J connectivity index is 0.000000646. The highest BCUT2D eigenvalue weighted by Crippen LogP contribution is 2.36. The first kappa shape index (κ1) is 41.6. The fourth-order valence-corrected chi connectivity index (χ4v) is 6.25. The van der Waals surface area contributed by atoms with Gasteiger partial charge in [-0.15, -0.1) is 24.0 Å². The molecule has 5 rings (SSSR count). The van der Waals surface area contributed by atoms with E-state index in [1.807, 2.05) is 65.0 Å². The van der Waals surface area contributed by atoms with Gasteiger partial charge in [0.1, 0.15) is 0 Å². The van der Waals surface area contributed by atoms with Crippen molar-refractivity contribution in [3.05, 3.63) is 88.5 Å². The lowest BCUT2D eigenvalue weighted by atomic mass is 10.0. The SMILES string of the molecule is C=CC1=C(C)c2cc3[nH]c(cc4nc(cc5[nH]c(cc1n2)c(C)c5CCC(=O)O)C(CCC(=O)O)=C4C)c(C)c3C=C.CCCNN(C=O)CC.I. The van der Waals surface area contributed by atoms with Crippen LogP contribution in [0.3, 0.4) is 0 Å². The van der Waals surface area contributed by atoms with Gasteiger partial charge in [0.15, 0.2) is 0 Å². The number of allylic oxidation sites excluding steroid dienone is 5. The first-order valence-electron chi connectivity index (χ1n) is 17.2. The van der Waals surface area contributed by atoms with Crippen molar-refractivity contribution in [3.8, 4) is 0 Å². The minimum absolute atomic E-state index is 0. The first-order chi connectivity index (χ1) is 24.4. The number of halogens is 1. The van der Waals surface area contributed by atoms with Crippen molar-refractivity contribution in [1.29, 1.82) is 0 Å². The highest BCUT2D eigenvalue weighted by molar-refractivity contribution is 14.0. The summed E-state index contributed by atoms with van der Waals surface area (Å²) in [5.41, 5.74) is 16.6. The number of nitrogens with zero attached hydrogens (tertiary/aromatic N) is 3. The summed E-state index contributed by atoms with van der Waals surface area (Å²) in [5, 5.41) is 20.4. The summed E-state index contributed by atoms with van der Waals surface area (Å²) in [6, 6.07) is 7.88. The molecule has 0 spiro atoms. The molecule has 0 fully saturated rings. The molecule has 5 heterocycles. The smallest absolute Gasteiger partial charge is 0.303 e. The number of amides is 1. The van der Waals surface area contributed by atoms with Gasteiger partial charge in [0.25, 0.3) is 0 Å². The molecule has 0 aromatic carbocycles. The maximum Gasteiger partial charge on any atom is 0.303 e. The number of fused-ring (bicyclic) bond motifs is 8. The van der Waals surface area contributed by atoms with Gasteiger partial charge >= 0.3 is 11.9 Å². The van der Waals surface area contributed by atoms with E-state index in [4.69, 9.17) is 9.97 Å². The van der Waals surface area contributed by atoms with Gasteiger partial charge in [0.2, 0.25) is 6.41 Å². The lowest BCUT2D eigenvalue weighted by Crippen LogP contribution is -2.36. The fourth-order valence-electron chi connectivity index (χ4n) is 6.25. The predicted octanol–water partition coefficient (Wildman–Crippen LogP) is 8.50. The average Bonchev–Trinajstić information content (AvgIpc) is 3.76. The van der Waals surface area contributed by atoms with E-state index < -0.39 is 11.9 Å². The van der Waals surface area contributed by atoms with E-state index in [9.17, 15) is 24.6 Å². The molecule has 2 aliphatic heterocycles. The molecule has 0 radical (unpaired) electrons. The maximum atomic E-state index is 11.5. The number of hydrogen-bond donors (Lipinski definition) is 5. The number of H-pyrrole nitrogens is 2. The van der Waals surface area contributed by atoms with Crippen LogP contribution in [0.2, 0.25) is 0 Å². The third-order valence-corrected chi connectivity index (χ3v) is 9.25. The Morgan fingerprint density at radius 3 is 1.94 bits per heavy atom. The van der Waals surface area contributed by atoms with Crippen molar-refractivity contribution in [2.75, 3.05) is 13.1 Å². The number of carboxylic acid groups (broad SMARTS) is 2. The van der Waals surface area contributed by atoms with Crippen LogP contribution in [0.25, 0.3) is 50.4 Å². The Morgan fingerprint density at radius 1 is 0.788 bits per heavy atom. The molecular formula is C40H49IN6O5. The molecule has 3 aromatic rings. The Bertz CT molecular complexity index is 2110. The van der Waals surface area contributed by atoms with Crippen molar-refractivity contribution in [2.24, 2.45) is 0 Å². The molecule has 5 N–H and O–H groups in total. The van der Waals surface area contributed by atoms with Crippen LogP contribution in [0.15, 0.2) is 43.5 Å². The number of aromatic amines is 2. The van der Waals surface area contributed by atoms with Gasteiger partial charge in [-0.1, -0.05) is 32.2 Å². The fraction of sp³-hybridized carbons (Fsp3) is 0.325. The molecule has 276 valence electrons. The Hall–Kier alpha value is -4.82. The molecule has 0 saturated heterocycles. The standard InChI is InChI=1S/C34H34N4O4.C6H14N2O.HI/c1-7-21-17(3)25-13-26-19(5)23(9-11-33(39)40)31(37-26)16-32-24(10-12-34(41)42)20(6)28(38-32)15-30-22(8-2)18(4)27(36-30)14-29(21)35-25;1-3-5-7-8(4-2)6-9;/h7-8,13-16,35,38H,1-2,9-12H2,3-6H3,(H,39,40)(H,41,42);6-7H,3-5H2,1-2H3;1H. The van der Waals surface area contributed by atoms with E-state index in [-0.39, 0.29) is 36.8 Å². The van der Waals surface area contributed by atoms with Crippen molar-refractivity contribution in [1.82, 2.24) is 30.4 Å². The van der Waals surface area contributed by atoms with Crippen LogP contribution < -0.4 is 5.43 Å². The summed E-state index contributed by atoms with van der Waals surface area (Å²) in [4.78, 5) is 50.1. The highest BCUT2D eigenvalue weighted by atomic mass is 127. The Labute approximate surface area is 321 Å². The number of hydrogen-bond acceptors (Lipinski definition) is 6. The van der Waals surface area contributed by atoms with Gasteiger partial charge in [-0.25, -0.2) is 15.4 Å². The van der Waals surface area contributed by atoms with Crippen LogP contribution >= 0.6 is 24.0 Å². The van der Waals surface area contributed by atoms with Crippen LogP contribution in [-0.2, 0) is 20.8 Å². The monoisotopic (exact) mass is 820 g/mol. The third kappa shape index (κ3) is 9.34. The number of rotatable bonds is 13. The molecule has 11 nitrogen and oxygen atoms in total. The van der Waals surface area contributed by atoms with E-state index in [1.165, 1.54) is 5.01 Å². The summed E-state index contributed by atoms with van der Waals surface area (Å²) in [6.07, 6.45) is 6.07. The highest BCUT2D eigenvalue weighted by Gasteiger charge is 2.21. The summed E-state index contributed by atoms with van der Waals surface area (Å²) >= 11 is 0. The summed E-state index contributed by atoms with van der Waals surface area (Å²) < 4.78 is 0. The van der Waals surface area contributed by atoms with E-state index in [0.717, 1.165) is 110 Å². The van der Waals surface area contributed by atoms with Crippen molar-refractivity contribution < 1.29 is 24.6 Å². The molecule has 52 heavy (non-hydrogen) atoms. The number of aryl methyl sites for hydroxylation is 3. The van der Waals surface area contributed by atoms with Crippen molar-refractivity contribution >= 4 is 92.8 Å². The molecule has 0 aliphatic carbocycles. The molecule has 0 atom stereocenters. The van der Waals surface area contributed by atoms with E-state index in [0.29, 0.717) is 18.5 Å². The van der Waals surface area contributed by atoms with Crippen LogP contribution in [0, 0.1) is 13.8 Å². The molecule has 8 bridgehead atoms. The minimum Gasteiger partial charge on any atom is -0.481 e. The summed E-state index contributed by atoms with van der Waals surface area (Å²) in [7, 11) is 0. The topological polar surface area (TPSA) is 164 Å². The predicted molar refractivity (Wildman–Crippen MR) is 221 cm³/mol. The second-order valence-electron chi connectivity index (χ2n) is 12.5. The minimum atomic E-state index is -0.883. The first-order valence-corrected chi connectivity index (χ1v) is 17.2. The maximum absolute atomic E-state index is 11.5. The molecule has 3 aromatic heterocycles. The van der Waals surface area contributed by atoms with Gasteiger partial charge in [0, 0.05) is 59.1 Å². The molecule has 12 heteroatoms. The molecule has 2 aliphatic rings. The normalized spacial score (nSPS) is 12.1. The van der Waals surface area contributed by atoms with Gasteiger partial charge in [0.05, 0.1) is 22.8 Å². The van der Waals surface area contributed by atoms with Crippen LogP contribution in [0.4, 0.5) is 0 Å². The van der Waals surface area contributed by atoms with Crippen LogP contribution in [0.1, 0.15) is 98.4 Å². The number of hydrazine groups is 1. The zero-order valence-electron chi connectivity index (χ0n) is 30.8. The zero-order chi connectivity index (χ0) is 37.4. The largest absolute Gasteiger partial charge is 0.481 e. The van der Waals surface area contributed by atoms with E-state index in [2.05, 4.69) is 35.5 Å². The number of nitrogens with one attached hydrogen (secondary N) is 3. The lowest BCUT2D eigenvalue weighted by molar-refractivity contribution is -0.137. The summed E-state index contributed by atoms with van der Waals surface area (Å²) in [6.45, 7) is 21.6. The zero-order valence-corrected chi connectivity index (χ0v) is 33.1. The number of carboxylic acids is 2. The second kappa shape index (κ2) is 18.6. The van der Waals surface area contributed by atoms with Gasteiger partial charge in [-0.05, 0) is 112 Å². The van der Waals surface area contributed by atoms with Gasteiger partial charge < -0.3 is 20.2 Å². The number of aromatic nitrogens is 4. The number of carbonyl (C=O) groups is 3.